The molecule has 0 bridgehead atoms. The van der Waals surface area contributed by atoms with Gasteiger partial charge in [0.05, 0.1) is 5.69 Å². The van der Waals surface area contributed by atoms with E-state index in [0.29, 0.717) is 0 Å². The number of piperazine rings is 1. The first-order valence-electron chi connectivity index (χ1n) is 7.54. The van der Waals surface area contributed by atoms with E-state index in [1.165, 1.54) is 11.1 Å². The van der Waals surface area contributed by atoms with Gasteiger partial charge in [-0.1, -0.05) is 35.9 Å². The van der Waals surface area contributed by atoms with E-state index in [4.69, 9.17) is 11.6 Å². The summed E-state index contributed by atoms with van der Waals surface area (Å²) in [5, 5.41) is 0.287. The van der Waals surface area contributed by atoms with Crippen LogP contribution in [0.25, 0.3) is 0 Å². The molecule has 1 aliphatic heterocycles. The molecule has 5 heteroatoms. The van der Waals surface area contributed by atoms with Crippen LogP contribution in [0.1, 0.15) is 11.1 Å². The summed E-state index contributed by atoms with van der Waals surface area (Å²) in [6, 6.07) is 10.4. The Kier molecular flexibility index (Phi) is 4.50. The Morgan fingerprint density at radius 1 is 1.14 bits per heavy atom. The second kappa shape index (κ2) is 6.55. The van der Waals surface area contributed by atoms with Crippen LogP contribution >= 0.6 is 11.6 Å². The molecule has 1 fully saturated rings. The predicted octanol–water partition coefficient (Wildman–Crippen LogP) is 2.66. The maximum absolute atomic E-state index is 11.6. The van der Waals surface area contributed by atoms with Crippen LogP contribution in [0.5, 0.6) is 0 Å². The van der Waals surface area contributed by atoms with E-state index in [0.717, 1.165) is 38.4 Å². The number of halogens is 1. The largest absolute Gasteiger partial charge is 0.368 e. The molecule has 0 spiro atoms. The number of rotatable bonds is 3. The van der Waals surface area contributed by atoms with Gasteiger partial charge >= 0.3 is 0 Å². The van der Waals surface area contributed by atoms with Crippen molar-refractivity contribution in [3.8, 4) is 0 Å². The number of hydrogen-bond acceptors (Lipinski definition) is 3. The van der Waals surface area contributed by atoms with E-state index in [1.54, 1.807) is 6.20 Å². The Morgan fingerprint density at radius 3 is 2.59 bits per heavy atom. The van der Waals surface area contributed by atoms with Gasteiger partial charge in [-0.3, -0.25) is 9.69 Å². The van der Waals surface area contributed by atoms with Gasteiger partial charge in [0.25, 0.3) is 5.56 Å². The fourth-order valence-electron chi connectivity index (χ4n) is 2.87. The number of pyridine rings is 1. The normalized spacial score (nSPS) is 16.0. The van der Waals surface area contributed by atoms with Gasteiger partial charge in [0.15, 0.2) is 0 Å². The fourth-order valence-corrected chi connectivity index (χ4v) is 3.11. The highest BCUT2D eigenvalue weighted by molar-refractivity contribution is 6.33. The first-order chi connectivity index (χ1) is 10.6. The van der Waals surface area contributed by atoms with Crippen molar-refractivity contribution in [2.24, 2.45) is 0 Å². The molecule has 3 rings (SSSR count). The number of aryl methyl sites for hydroxylation is 1. The van der Waals surface area contributed by atoms with E-state index in [2.05, 4.69) is 46.0 Å². The lowest BCUT2D eigenvalue weighted by molar-refractivity contribution is 0.249. The maximum Gasteiger partial charge on any atom is 0.268 e. The Bertz CT molecular complexity index is 705. The lowest BCUT2D eigenvalue weighted by Crippen LogP contribution is -2.46. The van der Waals surface area contributed by atoms with E-state index in [-0.39, 0.29) is 10.6 Å². The van der Waals surface area contributed by atoms with E-state index in [1.807, 2.05) is 6.07 Å². The van der Waals surface area contributed by atoms with Crippen LogP contribution in [0, 0.1) is 6.92 Å². The number of aromatic amines is 1. The Hall–Kier alpha value is -1.78. The molecule has 4 nitrogen and oxygen atoms in total. The maximum atomic E-state index is 11.6. The molecule has 0 radical (unpaired) electrons. The Labute approximate surface area is 135 Å². The van der Waals surface area contributed by atoms with Crippen molar-refractivity contribution in [2.75, 3.05) is 31.1 Å². The quantitative estimate of drug-likeness (QED) is 0.946. The summed E-state index contributed by atoms with van der Waals surface area (Å²) in [7, 11) is 0. The van der Waals surface area contributed by atoms with Crippen LogP contribution in [0.4, 0.5) is 5.69 Å². The van der Waals surface area contributed by atoms with Crippen molar-refractivity contribution in [2.45, 2.75) is 13.5 Å². The average Bonchev–Trinajstić information content (AvgIpc) is 2.53. The van der Waals surface area contributed by atoms with Crippen molar-refractivity contribution in [3.63, 3.8) is 0 Å². The molecule has 0 unspecified atom stereocenters. The number of nitrogens with one attached hydrogen (secondary N) is 1. The summed E-state index contributed by atoms with van der Waals surface area (Å²) < 4.78 is 0. The number of aromatic nitrogens is 1. The van der Waals surface area contributed by atoms with Crippen molar-refractivity contribution >= 4 is 17.3 Å². The summed E-state index contributed by atoms with van der Waals surface area (Å²) in [6.07, 6.45) is 1.66. The first-order valence-corrected chi connectivity index (χ1v) is 7.92. The SMILES string of the molecule is Cc1ccccc1CN1CCN(c2cc[nH]c(=O)c2Cl)CC1. The van der Waals surface area contributed by atoms with Crippen LogP contribution in [0.15, 0.2) is 41.3 Å². The monoisotopic (exact) mass is 317 g/mol. The second-order valence-corrected chi connectivity index (χ2v) is 6.07. The first kappa shape index (κ1) is 15.1. The number of anilines is 1. The summed E-state index contributed by atoms with van der Waals surface area (Å²) >= 11 is 6.11. The van der Waals surface area contributed by atoms with Gasteiger partial charge < -0.3 is 9.88 Å². The highest BCUT2D eigenvalue weighted by Gasteiger charge is 2.20. The highest BCUT2D eigenvalue weighted by atomic mass is 35.5. The molecule has 2 heterocycles. The summed E-state index contributed by atoms with van der Waals surface area (Å²) in [6.45, 7) is 6.84. The number of nitrogens with zero attached hydrogens (tertiary/aromatic N) is 2. The minimum Gasteiger partial charge on any atom is -0.368 e. The molecule has 116 valence electrons. The van der Waals surface area contributed by atoms with E-state index < -0.39 is 0 Å². The van der Waals surface area contributed by atoms with Gasteiger partial charge in [-0.15, -0.1) is 0 Å². The van der Waals surface area contributed by atoms with Crippen LogP contribution in [0.2, 0.25) is 5.02 Å². The van der Waals surface area contributed by atoms with Gasteiger partial charge in [0.2, 0.25) is 0 Å². The molecule has 2 aromatic rings. The van der Waals surface area contributed by atoms with Crippen molar-refractivity contribution in [1.82, 2.24) is 9.88 Å². The van der Waals surface area contributed by atoms with Gasteiger partial charge in [0, 0.05) is 38.9 Å². The zero-order valence-electron chi connectivity index (χ0n) is 12.7. The molecule has 0 saturated carbocycles. The van der Waals surface area contributed by atoms with Crippen molar-refractivity contribution in [1.29, 1.82) is 0 Å². The van der Waals surface area contributed by atoms with Gasteiger partial charge in [-0.25, -0.2) is 0 Å². The van der Waals surface area contributed by atoms with Crippen molar-refractivity contribution < 1.29 is 0 Å². The second-order valence-electron chi connectivity index (χ2n) is 5.70. The number of hydrogen-bond donors (Lipinski definition) is 1. The number of H-pyrrole nitrogens is 1. The van der Waals surface area contributed by atoms with Crippen LogP contribution in [-0.2, 0) is 6.54 Å². The summed E-state index contributed by atoms with van der Waals surface area (Å²) in [5.41, 5.74) is 3.33. The van der Waals surface area contributed by atoms with Gasteiger partial charge in [0.1, 0.15) is 5.02 Å². The Balaban J connectivity index is 1.64. The molecule has 1 aromatic carbocycles. The summed E-state index contributed by atoms with van der Waals surface area (Å²) in [5.74, 6) is 0. The molecule has 1 saturated heterocycles. The molecule has 0 atom stereocenters. The molecular weight excluding hydrogens is 298 g/mol. The minimum absolute atomic E-state index is 0.221. The molecule has 0 aliphatic carbocycles. The highest BCUT2D eigenvalue weighted by Crippen LogP contribution is 2.23. The topological polar surface area (TPSA) is 39.3 Å². The lowest BCUT2D eigenvalue weighted by Gasteiger charge is -2.36. The minimum atomic E-state index is -0.221. The van der Waals surface area contributed by atoms with E-state index >= 15 is 0 Å². The third-order valence-corrected chi connectivity index (χ3v) is 4.61. The van der Waals surface area contributed by atoms with Gasteiger partial charge in [-0.05, 0) is 24.1 Å². The van der Waals surface area contributed by atoms with Crippen molar-refractivity contribution in [3.05, 3.63) is 63.0 Å². The molecule has 1 aliphatic rings. The standard InChI is InChI=1S/C17H20ClN3O/c1-13-4-2-3-5-14(13)12-20-8-10-21(11-9-20)15-6-7-19-17(22)16(15)18/h2-7H,8-12H2,1H3,(H,19,22). The zero-order chi connectivity index (χ0) is 15.5. The molecule has 22 heavy (non-hydrogen) atoms. The molecule has 1 N–H and O–H groups in total. The smallest absolute Gasteiger partial charge is 0.268 e. The molecular formula is C17H20ClN3O. The van der Waals surface area contributed by atoms with Gasteiger partial charge in [-0.2, -0.15) is 0 Å². The predicted molar refractivity (Wildman–Crippen MR) is 90.7 cm³/mol. The number of benzene rings is 1. The Morgan fingerprint density at radius 2 is 1.86 bits per heavy atom. The van der Waals surface area contributed by atoms with Crippen LogP contribution < -0.4 is 10.5 Å². The lowest BCUT2D eigenvalue weighted by atomic mass is 10.1. The van der Waals surface area contributed by atoms with E-state index in [9.17, 15) is 4.79 Å². The third kappa shape index (κ3) is 3.18. The molecule has 1 aromatic heterocycles. The van der Waals surface area contributed by atoms with Crippen LogP contribution in [0.3, 0.4) is 0 Å². The summed E-state index contributed by atoms with van der Waals surface area (Å²) in [4.78, 5) is 18.8. The average molecular weight is 318 g/mol. The third-order valence-electron chi connectivity index (χ3n) is 4.25. The fraction of sp³-hybridized carbons (Fsp3) is 0.353. The molecule has 0 amide bonds. The van der Waals surface area contributed by atoms with Crippen LogP contribution in [-0.4, -0.2) is 36.1 Å². The zero-order valence-corrected chi connectivity index (χ0v) is 13.4.